The molecule has 128 valence electrons. The second-order valence-corrected chi connectivity index (χ2v) is 6.48. The van der Waals surface area contributed by atoms with Crippen molar-refractivity contribution in [3.05, 3.63) is 35.8 Å². The van der Waals surface area contributed by atoms with Crippen molar-refractivity contribution < 1.29 is 14.3 Å². The zero-order valence-electron chi connectivity index (χ0n) is 13.6. The number of hydrogen-bond donors (Lipinski definition) is 1. The molecule has 1 fully saturated rings. The Bertz CT molecular complexity index is 655. The maximum absolute atomic E-state index is 12.1. The molecule has 2 aromatic rings. The van der Waals surface area contributed by atoms with E-state index in [2.05, 4.69) is 15.2 Å². The zero-order valence-corrected chi connectivity index (χ0v) is 14.4. The number of aromatic nitrogens is 1. The first-order valence-corrected chi connectivity index (χ1v) is 8.83. The molecule has 1 saturated heterocycles. The van der Waals surface area contributed by atoms with Gasteiger partial charge in [0.25, 0.3) is 5.91 Å². The van der Waals surface area contributed by atoms with Crippen LogP contribution in [-0.4, -0.2) is 43.7 Å². The van der Waals surface area contributed by atoms with Crippen molar-refractivity contribution >= 4 is 22.4 Å². The lowest BCUT2D eigenvalue weighted by atomic mass is 10.1. The van der Waals surface area contributed by atoms with Crippen molar-refractivity contribution in [3.8, 4) is 11.5 Å². The lowest BCUT2D eigenvalue weighted by Gasteiger charge is -2.32. The lowest BCUT2D eigenvalue weighted by molar-refractivity contribution is -0.123. The lowest BCUT2D eigenvalue weighted by Crippen LogP contribution is -2.46. The van der Waals surface area contributed by atoms with Crippen LogP contribution >= 0.6 is 11.3 Å². The minimum Gasteiger partial charge on any atom is -0.497 e. The number of benzene rings is 1. The third kappa shape index (κ3) is 4.38. The van der Waals surface area contributed by atoms with E-state index in [0.717, 1.165) is 31.1 Å². The van der Waals surface area contributed by atoms with Gasteiger partial charge in [0.15, 0.2) is 11.7 Å². The van der Waals surface area contributed by atoms with Gasteiger partial charge < -0.3 is 19.7 Å². The van der Waals surface area contributed by atoms with Gasteiger partial charge >= 0.3 is 0 Å². The van der Waals surface area contributed by atoms with Crippen molar-refractivity contribution in [2.45, 2.75) is 18.9 Å². The third-order valence-electron chi connectivity index (χ3n) is 3.96. The molecule has 0 spiro atoms. The predicted octanol–water partition coefficient (Wildman–Crippen LogP) is 2.32. The molecule has 0 bridgehead atoms. The Morgan fingerprint density at radius 2 is 2.17 bits per heavy atom. The Labute approximate surface area is 145 Å². The SMILES string of the molecule is COc1cccc(OCC(=O)NC2CCN(c3nccs3)CC2)c1. The second kappa shape index (κ2) is 8.01. The summed E-state index contributed by atoms with van der Waals surface area (Å²) in [4.78, 5) is 18.7. The molecule has 0 atom stereocenters. The first kappa shape index (κ1) is 16.6. The summed E-state index contributed by atoms with van der Waals surface area (Å²) in [5.41, 5.74) is 0. The van der Waals surface area contributed by atoms with Crippen LogP contribution in [0.3, 0.4) is 0 Å². The van der Waals surface area contributed by atoms with Gasteiger partial charge in [-0.3, -0.25) is 4.79 Å². The number of nitrogens with zero attached hydrogens (tertiary/aromatic N) is 2. The Balaban J connectivity index is 1.41. The molecule has 1 aromatic carbocycles. The summed E-state index contributed by atoms with van der Waals surface area (Å²) < 4.78 is 10.7. The van der Waals surface area contributed by atoms with Crippen molar-refractivity contribution in [1.82, 2.24) is 10.3 Å². The first-order valence-electron chi connectivity index (χ1n) is 7.95. The number of nitrogens with one attached hydrogen (secondary N) is 1. The summed E-state index contributed by atoms with van der Waals surface area (Å²) >= 11 is 1.65. The molecule has 1 aliphatic heterocycles. The number of carbonyl (C=O) groups is 1. The maximum atomic E-state index is 12.1. The second-order valence-electron chi connectivity index (χ2n) is 5.61. The summed E-state index contributed by atoms with van der Waals surface area (Å²) in [7, 11) is 1.60. The fourth-order valence-electron chi connectivity index (χ4n) is 2.70. The summed E-state index contributed by atoms with van der Waals surface area (Å²) in [6.07, 6.45) is 3.67. The highest BCUT2D eigenvalue weighted by molar-refractivity contribution is 7.13. The quantitative estimate of drug-likeness (QED) is 0.869. The molecule has 1 aromatic heterocycles. The third-order valence-corrected chi connectivity index (χ3v) is 4.79. The van der Waals surface area contributed by atoms with E-state index >= 15 is 0 Å². The molecule has 1 N–H and O–H groups in total. The molecule has 7 heteroatoms. The van der Waals surface area contributed by atoms with Gasteiger partial charge in [0.05, 0.1) is 7.11 Å². The average Bonchev–Trinajstić information content (AvgIpc) is 3.15. The van der Waals surface area contributed by atoms with Crippen molar-refractivity contribution in [2.24, 2.45) is 0 Å². The number of carbonyl (C=O) groups excluding carboxylic acids is 1. The Morgan fingerprint density at radius 1 is 1.38 bits per heavy atom. The van der Waals surface area contributed by atoms with E-state index in [1.165, 1.54) is 0 Å². The Kier molecular flexibility index (Phi) is 5.53. The van der Waals surface area contributed by atoms with Gasteiger partial charge in [-0.2, -0.15) is 0 Å². The smallest absolute Gasteiger partial charge is 0.258 e. The molecule has 0 saturated carbocycles. The van der Waals surface area contributed by atoms with Gasteiger partial charge in [0, 0.05) is 36.8 Å². The van der Waals surface area contributed by atoms with Gasteiger partial charge in [0.2, 0.25) is 0 Å². The molecule has 2 heterocycles. The standard InChI is InChI=1S/C17H21N3O3S/c1-22-14-3-2-4-15(11-14)23-12-16(21)19-13-5-8-20(9-6-13)17-18-7-10-24-17/h2-4,7,10-11,13H,5-6,8-9,12H2,1H3,(H,19,21). The fourth-order valence-corrected chi connectivity index (χ4v) is 3.39. The van der Waals surface area contributed by atoms with E-state index in [9.17, 15) is 4.79 Å². The van der Waals surface area contributed by atoms with Crippen molar-refractivity contribution in [3.63, 3.8) is 0 Å². The Morgan fingerprint density at radius 3 is 2.88 bits per heavy atom. The molecule has 1 aliphatic rings. The highest BCUT2D eigenvalue weighted by Gasteiger charge is 2.22. The number of methoxy groups -OCH3 is 1. The van der Waals surface area contributed by atoms with Crippen LogP contribution in [0, 0.1) is 0 Å². The van der Waals surface area contributed by atoms with E-state index in [-0.39, 0.29) is 18.6 Å². The minimum absolute atomic E-state index is 0.0138. The van der Waals surface area contributed by atoms with E-state index in [1.807, 2.05) is 29.8 Å². The van der Waals surface area contributed by atoms with Crippen molar-refractivity contribution in [1.29, 1.82) is 0 Å². The Hall–Kier alpha value is -2.28. The maximum Gasteiger partial charge on any atom is 0.258 e. The van der Waals surface area contributed by atoms with Crippen LogP contribution in [-0.2, 0) is 4.79 Å². The first-order chi connectivity index (χ1) is 11.7. The summed E-state index contributed by atoms with van der Waals surface area (Å²) in [6, 6.07) is 7.44. The van der Waals surface area contributed by atoms with Crippen molar-refractivity contribution in [2.75, 3.05) is 31.7 Å². The summed E-state index contributed by atoms with van der Waals surface area (Å²) in [5.74, 6) is 1.25. The highest BCUT2D eigenvalue weighted by atomic mass is 32.1. The number of rotatable bonds is 6. The van der Waals surface area contributed by atoms with Gasteiger partial charge in [-0.15, -0.1) is 11.3 Å². The van der Waals surface area contributed by atoms with Crippen LogP contribution < -0.4 is 19.7 Å². The predicted molar refractivity (Wildman–Crippen MR) is 94.0 cm³/mol. The molecule has 0 unspecified atom stereocenters. The zero-order chi connectivity index (χ0) is 16.8. The van der Waals surface area contributed by atoms with E-state index < -0.39 is 0 Å². The van der Waals surface area contributed by atoms with Gasteiger partial charge in [-0.05, 0) is 25.0 Å². The normalized spacial score (nSPS) is 15.1. The fraction of sp³-hybridized carbons (Fsp3) is 0.412. The molecule has 24 heavy (non-hydrogen) atoms. The highest BCUT2D eigenvalue weighted by Crippen LogP contribution is 2.22. The van der Waals surface area contributed by atoms with Crippen LogP contribution in [0.25, 0.3) is 0 Å². The van der Waals surface area contributed by atoms with Crippen LogP contribution in [0.5, 0.6) is 11.5 Å². The minimum atomic E-state index is -0.0921. The van der Waals surface area contributed by atoms with Crippen LogP contribution in [0.15, 0.2) is 35.8 Å². The molecule has 3 rings (SSSR count). The van der Waals surface area contributed by atoms with Gasteiger partial charge in [0.1, 0.15) is 11.5 Å². The largest absolute Gasteiger partial charge is 0.497 e. The summed E-state index contributed by atoms with van der Waals surface area (Å²) in [6.45, 7) is 1.84. The van der Waals surface area contributed by atoms with Gasteiger partial charge in [-0.1, -0.05) is 6.07 Å². The number of thiazole rings is 1. The number of hydrogen-bond acceptors (Lipinski definition) is 6. The van der Waals surface area contributed by atoms with E-state index in [0.29, 0.717) is 11.5 Å². The van der Waals surface area contributed by atoms with Crippen LogP contribution in [0.2, 0.25) is 0 Å². The molecule has 1 amide bonds. The number of ether oxygens (including phenoxy) is 2. The molecule has 0 aliphatic carbocycles. The molecular weight excluding hydrogens is 326 g/mol. The average molecular weight is 347 g/mol. The molecule has 0 radical (unpaired) electrons. The van der Waals surface area contributed by atoms with Crippen LogP contribution in [0.1, 0.15) is 12.8 Å². The molecule has 6 nitrogen and oxygen atoms in total. The summed E-state index contributed by atoms with van der Waals surface area (Å²) in [5, 5.41) is 6.09. The van der Waals surface area contributed by atoms with Gasteiger partial charge in [-0.25, -0.2) is 4.98 Å². The number of piperidine rings is 1. The molecular formula is C17H21N3O3S. The monoisotopic (exact) mass is 347 g/mol. The topological polar surface area (TPSA) is 63.7 Å². The van der Waals surface area contributed by atoms with E-state index in [1.54, 1.807) is 24.5 Å². The van der Waals surface area contributed by atoms with E-state index in [4.69, 9.17) is 9.47 Å². The number of amides is 1. The number of anilines is 1. The van der Waals surface area contributed by atoms with Crippen LogP contribution in [0.4, 0.5) is 5.13 Å².